The lowest BCUT2D eigenvalue weighted by Gasteiger charge is -2.25. The molecule has 0 aliphatic heterocycles. The van der Waals surface area contributed by atoms with Crippen LogP contribution in [0.2, 0.25) is 5.02 Å². The lowest BCUT2D eigenvalue weighted by molar-refractivity contribution is -0.305. The number of aromatic carboxylic acids is 1. The highest BCUT2D eigenvalue weighted by atomic mass is 35.5. The minimum atomic E-state index is -5.66. The Kier molecular flexibility index (Phi) is 4.79. The normalized spacial score (nSPS) is 14.4. The molecule has 1 aromatic rings. The molecule has 5 nitrogen and oxygen atoms in total. The molecule has 0 radical (unpaired) electrons. The van der Waals surface area contributed by atoms with Gasteiger partial charge in [0.15, 0.2) is 0 Å². The Morgan fingerprint density at radius 3 is 2.29 bits per heavy atom. The maximum absolute atomic E-state index is 13.6. The van der Waals surface area contributed by atoms with Crippen molar-refractivity contribution in [2.24, 2.45) is 0 Å². The predicted octanol–water partition coefficient (Wildman–Crippen LogP) is 1.52. The van der Waals surface area contributed by atoms with Crippen molar-refractivity contribution in [3.05, 3.63) is 28.8 Å². The number of rotatable bonds is 4. The second kappa shape index (κ2) is 5.86. The van der Waals surface area contributed by atoms with Crippen LogP contribution in [0.15, 0.2) is 18.2 Å². The first-order chi connectivity index (χ1) is 9.54. The van der Waals surface area contributed by atoms with Crippen molar-refractivity contribution in [3.8, 4) is 0 Å². The number of amides is 1. The molecule has 0 bridgehead atoms. The molecule has 0 spiro atoms. The second-order valence-electron chi connectivity index (χ2n) is 3.70. The minimum Gasteiger partial charge on any atom is -0.545 e. The van der Waals surface area contributed by atoms with E-state index in [0.29, 0.717) is 7.11 Å². The zero-order valence-electron chi connectivity index (χ0n) is 10.3. The summed E-state index contributed by atoms with van der Waals surface area (Å²) in [5.41, 5.74) is -1.44. The van der Waals surface area contributed by atoms with E-state index in [1.165, 1.54) is 5.32 Å². The molecule has 0 fully saturated rings. The first-order valence-electron chi connectivity index (χ1n) is 5.16. The van der Waals surface area contributed by atoms with Crippen molar-refractivity contribution in [2.45, 2.75) is 12.0 Å². The molecule has 21 heavy (non-hydrogen) atoms. The molecular weight excluding hydrogens is 322 g/mol. The van der Waals surface area contributed by atoms with E-state index in [2.05, 4.69) is 4.74 Å². The van der Waals surface area contributed by atoms with E-state index in [9.17, 15) is 32.3 Å². The van der Waals surface area contributed by atoms with Crippen LogP contribution in [-0.4, -0.2) is 31.0 Å². The van der Waals surface area contributed by atoms with Gasteiger partial charge < -0.3 is 20.0 Å². The molecule has 1 N–H and O–H groups in total. The van der Waals surface area contributed by atoms with Gasteiger partial charge in [0.2, 0.25) is 0 Å². The van der Waals surface area contributed by atoms with Gasteiger partial charge in [0.1, 0.15) is 0 Å². The first-order valence-corrected chi connectivity index (χ1v) is 5.54. The number of alkyl halides is 4. The molecule has 1 amide bonds. The highest BCUT2D eigenvalue weighted by Gasteiger charge is 2.63. The molecule has 1 atom stereocenters. The number of hydrogen-bond acceptors (Lipinski definition) is 4. The van der Waals surface area contributed by atoms with Crippen LogP contribution in [0.25, 0.3) is 0 Å². The van der Waals surface area contributed by atoms with Gasteiger partial charge >= 0.3 is 12.0 Å². The number of nitrogens with one attached hydrogen (secondary N) is 1. The molecule has 0 heterocycles. The first kappa shape index (κ1) is 17.2. The Labute approximate surface area is 120 Å². The van der Waals surface area contributed by atoms with E-state index >= 15 is 0 Å². The molecule has 0 aromatic heterocycles. The van der Waals surface area contributed by atoms with Gasteiger partial charge in [0.05, 0.1) is 16.7 Å². The van der Waals surface area contributed by atoms with Crippen molar-refractivity contribution in [3.63, 3.8) is 0 Å². The third kappa shape index (κ3) is 3.24. The van der Waals surface area contributed by atoms with Crippen LogP contribution in [0.4, 0.5) is 23.2 Å². The summed E-state index contributed by atoms with van der Waals surface area (Å²) >= 11 is 5.53. The maximum Gasteiger partial charge on any atom is 0.458 e. The fourth-order valence-corrected chi connectivity index (χ4v) is 1.63. The predicted molar refractivity (Wildman–Crippen MR) is 61.3 cm³/mol. The van der Waals surface area contributed by atoms with Crippen LogP contribution in [0.1, 0.15) is 10.4 Å². The second-order valence-corrected chi connectivity index (χ2v) is 4.11. The van der Waals surface area contributed by atoms with Crippen molar-refractivity contribution in [1.29, 1.82) is 0 Å². The number of carboxylic acid groups (broad SMARTS) is 1. The number of halogens is 5. The van der Waals surface area contributed by atoms with Crippen molar-refractivity contribution < 1.29 is 37.0 Å². The molecule has 1 rings (SSSR count). The summed E-state index contributed by atoms with van der Waals surface area (Å²) < 4.78 is 54.6. The Bertz CT molecular complexity index is 578. The van der Waals surface area contributed by atoms with Gasteiger partial charge in [0, 0.05) is 12.7 Å². The third-order valence-corrected chi connectivity index (χ3v) is 2.72. The molecule has 1 aromatic carbocycles. The number of carboxylic acids is 1. The number of methoxy groups -OCH3 is 1. The van der Waals surface area contributed by atoms with E-state index < -0.39 is 40.2 Å². The molecule has 10 heteroatoms. The lowest BCUT2D eigenvalue weighted by Crippen LogP contribution is -2.52. The van der Waals surface area contributed by atoms with Gasteiger partial charge in [-0.3, -0.25) is 4.79 Å². The van der Waals surface area contributed by atoms with E-state index in [4.69, 9.17) is 11.6 Å². The van der Waals surface area contributed by atoms with Crippen LogP contribution in [-0.2, 0) is 9.53 Å². The molecule has 0 aliphatic carbocycles. The molecule has 0 aliphatic rings. The minimum absolute atomic E-state index is 0.338. The van der Waals surface area contributed by atoms with E-state index in [1.807, 2.05) is 0 Å². The van der Waals surface area contributed by atoms with Gasteiger partial charge in [-0.15, -0.1) is 0 Å². The fraction of sp³-hybridized carbons (Fsp3) is 0.273. The monoisotopic (exact) mass is 328 g/mol. The summed E-state index contributed by atoms with van der Waals surface area (Å²) in [7, 11) is 0.338. The maximum atomic E-state index is 13.6. The van der Waals surface area contributed by atoms with Crippen LogP contribution in [0.5, 0.6) is 0 Å². The Morgan fingerprint density at radius 2 is 1.86 bits per heavy atom. The average molecular weight is 329 g/mol. The summed E-state index contributed by atoms with van der Waals surface area (Å²) in [4.78, 5) is 22.3. The van der Waals surface area contributed by atoms with Crippen molar-refractivity contribution in [2.75, 3.05) is 12.4 Å². The van der Waals surface area contributed by atoms with Gasteiger partial charge in [-0.1, -0.05) is 17.7 Å². The van der Waals surface area contributed by atoms with Crippen LogP contribution in [0.3, 0.4) is 0 Å². The van der Waals surface area contributed by atoms with Gasteiger partial charge in [0.25, 0.3) is 5.91 Å². The lowest BCUT2D eigenvalue weighted by atomic mass is 10.1. The van der Waals surface area contributed by atoms with Crippen LogP contribution in [0, 0.1) is 0 Å². The fourth-order valence-electron chi connectivity index (χ4n) is 1.38. The van der Waals surface area contributed by atoms with Crippen molar-refractivity contribution in [1.82, 2.24) is 0 Å². The van der Waals surface area contributed by atoms with Gasteiger partial charge in [-0.25, -0.2) is 0 Å². The quantitative estimate of drug-likeness (QED) is 0.850. The largest absolute Gasteiger partial charge is 0.545 e. The number of anilines is 1. The van der Waals surface area contributed by atoms with E-state index in [-0.39, 0.29) is 0 Å². The topological polar surface area (TPSA) is 78.5 Å². The number of ether oxygens (including phenoxy) is 1. The highest BCUT2D eigenvalue weighted by molar-refractivity contribution is 6.34. The molecular formula is C11H7ClF4NO4-. The Balaban J connectivity index is 3.21. The van der Waals surface area contributed by atoms with Crippen LogP contribution >= 0.6 is 11.6 Å². The third-order valence-electron chi connectivity index (χ3n) is 2.40. The Morgan fingerprint density at radius 1 is 1.29 bits per heavy atom. The summed E-state index contributed by atoms with van der Waals surface area (Å²) in [6.45, 7) is 0. The zero-order valence-corrected chi connectivity index (χ0v) is 11.0. The smallest absolute Gasteiger partial charge is 0.458 e. The summed E-state index contributed by atoms with van der Waals surface area (Å²) in [6.07, 6.45) is -5.66. The summed E-state index contributed by atoms with van der Waals surface area (Å²) in [5, 5.41) is 11.9. The molecule has 116 valence electrons. The highest BCUT2D eigenvalue weighted by Crippen LogP contribution is 2.36. The summed E-state index contributed by atoms with van der Waals surface area (Å²) in [5.74, 6) is -8.74. The van der Waals surface area contributed by atoms with Crippen LogP contribution < -0.4 is 10.4 Å². The SMILES string of the molecule is CO[C@](F)(C(=O)Nc1cccc(Cl)c1C(=O)[O-])C(F)(F)F. The molecule has 0 saturated carbocycles. The van der Waals surface area contributed by atoms with E-state index in [0.717, 1.165) is 18.2 Å². The van der Waals surface area contributed by atoms with Gasteiger partial charge in [-0.05, 0) is 12.1 Å². The van der Waals surface area contributed by atoms with E-state index in [1.54, 1.807) is 0 Å². The standard InChI is InChI=1S/C11H8ClF4NO4/c1-21-10(13,11(14,15)16)9(20)17-6-4-2-3-5(12)7(6)8(18)19/h2-4H,1H3,(H,17,20)(H,18,19)/p-1/t10-/m1/s1. The number of benzene rings is 1. The summed E-state index contributed by atoms with van der Waals surface area (Å²) in [6, 6.07) is 3.16. The van der Waals surface area contributed by atoms with Crippen molar-refractivity contribution >= 4 is 29.2 Å². The average Bonchev–Trinajstić information content (AvgIpc) is 2.35. The molecule has 0 saturated heterocycles. The number of carbonyl (C=O) groups is 2. The van der Waals surface area contributed by atoms with Gasteiger partial charge in [-0.2, -0.15) is 17.6 Å². The number of carbonyl (C=O) groups excluding carboxylic acids is 2. The zero-order chi connectivity index (χ0) is 16.4. The Hall–Kier alpha value is -1.87. The number of hydrogen-bond donors (Lipinski definition) is 1. The molecule has 0 unspecified atom stereocenters.